The molecule has 126 valence electrons. The first-order valence-corrected chi connectivity index (χ1v) is 8.36. The lowest BCUT2D eigenvalue weighted by Crippen LogP contribution is -2.32. The van der Waals surface area contributed by atoms with Crippen LogP contribution in [0.25, 0.3) is 0 Å². The van der Waals surface area contributed by atoms with Crippen molar-refractivity contribution in [1.82, 2.24) is 15.2 Å². The molecule has 1 saturated heterocycles. The molecule has 0 radical (unpaired) electrons. The standard InChI is InChI=1S/C19H23N3O2/c23-18-6-3-4-15(10-18)13-22-9-7-16(14-22)12-21-19(24)11-17-5-1-2-8-20-17/h1-6,8,10,16,23H,7,9,11-14H2,(H,21,24)/t16-/m1/s1. The van der Waals surface area contributed by atoms with E-state index in [4.69, 9.17) is 0 Å². The molecule has 5 nitrogen and oxygen atoms in total. The highest BCUT2D eigenvalue weighted by atomic mass is 16.3. The molecule has 0 bridgehead atoms. The van der Waals surface area contributed by atoms with Crippen LogP contribution in [0, 0.1) is 5.92 Å². The first-order valence-electron chi connectivity index (χ1n) is 8.36. The largest absolute Gasteiger partial charge is 0.508 e. The molecule has 2 N–H and O–H groups in total. The van der Waals surface area contributed by atoms with E-state index in [1.165, 1.54) is 0 Å². The van der Waals surface area contributed by atoms with Gasteiger partial charge in [0.25, 0.3) is 0 Å². The van der Waals surface area contributed by atoms with E-state index in [2.05, 4.69) is 15.2 Å². The molecule has 0 saturated carbocycles. The van der Waals surface area contributed by atoms with Gasteiger partial charge < -0.3 is 10.4 Å². The highest BCUT2D eigenvalue weighted by Gasteiger charge is 2.22. The number of phenols is 1. The van der Waals surface area contributed by atoms with E-state index in [1.54, 1.807) is 12.3 Å². The van der Waals surface area contributed by atoms with Crippen LogP contribution in [0.4, 0.5) is 0 Å². The molecule has 5 heteroatoms. The Balaban J connectivity index is 1.40. The van der Waals surface area contributed by atoms with Crippen LogP contribution >= 0.6 is 0 Å². The molecule has 1 aromatic carbocycles. The second-order valence-corrected chi connectivity index (χ2v) is 6.36. The maximum Gasteiger partial charge on any atom is 0.226 e. The number of carbonyl (C=O) groups excluding carboxylic acids is 1. The number of hydrogen-bond acceptors (Lipinski definition) is 4. The summed E-state index contributed by atoms with van der Waals surface area (Å²) in [6.07, 6.45) is 3.13. The average molecular weight is 325 g/mol. The number of nitrogens with one attached hydrogen (secondary N) is 1. The predicted molar refractivity (Wildman–Crippen MR) is 92.4 cm³/mol. The highest BCUT2D eigenvalue weighted by Crippen LogP contribution is 2.19. The molecule has 1 aliphatic heterocycles. The lowest BCUT2D eigenvalue weighted by molar-refractivity contribution is -0.120. The Morgan fingerprint density at radius 1 is 1.29 bits per heavy atom. The molecule has 1 atom stereocenters. The summed E-state index contributed by atoms with van der Waals surface area (Å²) >= 11 is 0. The van der Waals surface area contributed by atoms with E-state index in [-0.39, 0.29) is 5.91 Å². The summed E-state index contributed by atoms with van der Waals surface area (Å²) in [7, 11) is 0. The van der Waals surface area contributed by atoms with Crippen LogP contribution in [0.3, 0.4) is 0 Å². The number of aromatic nitrogens is 1. The Labute approximate surface area is 142 Å². The molecule has 1 aliphatic rings. The molecule has 1 aromatic heterocycles. The zero-order valence-electron chi connectivity index (χ0n) is 13.7. The van der Waals surface area contributed by atoms with Gasteiger partial charge in [0.2, 0.25) is 5.91 Å². The summed E-state index contributed by atoms with van der Waals surface area (Å²) in [6, 6.07) is 13.0. The third-order valence-corrected chi connectivity index (χ3v) is 4.34. The molecule has 2 aromatic rings. The quantitative estimate of drug-likeness (QED) is 0.852. The molecule has 3 rings (SSSR count). The normalized spacial score (nSPS) is 17.8. The van der Waals surface area contributed by atoms with Crippen molar-refractivity contribution in [2.75, 3.05) is 19.6 Å². The van der Waals surface area contributed by atoms with Crippen molar-refractivity contribution < 1.29 is 9.90 Å². The summed E-state index contributed by atoms with van der Waals surface area (Å²) in [6.45, 7) is 3.55. The van der Waals surface area contributed by atoms with E-state index >= 15 is 0 Å². The number of aromatic hydroxyl groups is 1. The van der Waals surface area contributed by atoms with Crippen molar-refractivity contribution in [3.05, 3.63) is 59.9 Å². The van der Waals surface area contributed by atoms with Gasteiger partial charge in [-0.2, -0.15) is 0 Å². The SMILES string of the molecule is O=C(Cc1ccccn1)NC[C@H]1CCN(Cc2cccc(O)c2)C1. The Hall–Kier alpha value is -2.40. The van der Waals surface area contributed by atoms with Gasteiger partial charge in [-0.05, 0) is 48.7 Å². The first-order chi connectivity index (χ1) is 11.7. The monoisotopic (exact) mass is 325 g/mol. The maximum absolute atomic E-state index is 12.0. The second kappa shape index (κ2) is 7.93. The Morgan fingerprint density at radius 2 is 2.21 bits per heavy atom. The molecule has 0 unspecified atom stereocenters. The van der Waals surface area contributed by atoms with E-state index in [9.17, 15) is 9.90 Å². The van der Waals surface area contributed by atoms with Crippen molar-refractivity contribution in [2.24, 2.45) is 5.92 Å². The Bertz CT molecular complexity index is 675. The first kappa shape index (κ1) is 16.5. The van der Waals surface area contributed by atoms with Gasteiger partial charge in [-0.25, -0.2) is 0 Å². The third-order valence-electron chi connectivity index (χ3n) is 4.34. The summed E-state index contributed by atoms with van der Waals surface area (Å²) in [5.74, 6) is 0.820. The van der Waals surface area contributed by atoms with Crippen molar-refractivity contribution in [3.63, 3.8) is 0 Å². The molecular weight excluding hydrogens is 302 g/mol. The van der Waals surface area contributed by atoms with Crippen molar-refractivity contribution in [2.45, 2.75) is 19.4 Å². The Morgan fingerprint density at radius 3 is 3.00 bits per heavy atom. The summed E-state index contributed by atoms with van der Waals surface area (Å²) in [4.78, 5) is 18.5. The van der Waals surface area contributed by atoms with Crippen molar-refractivity contribution in [3.8, 4) is 5.75 Å². The predicted octanol–water partition coefficient (Wildman–Crippen LogP) is 1.97. The molecule has 2 heterocycles. The lowest BCUT2D eigenvalue weighted by Gasteiger charge is -2.16. The minimum absolute atomic E-state index is 0.0279. The number of phenolic OH excluding ortho intramolecular Hbond substituents is 1. The number of likely N-dealkylation sites (tertiary alicyclic amines) is 1. The smallest absolute Gasteiger partial charge is 0.226 e. The van der Waals surface area contributed by atoms with Crippen molar-refractivity contribution in [1.29, 1.82) is 0 Å². The summed E-state index contributed by atoms with van der Waals surface area (Å²) in [5, 5.41) is 12.6. The molecule has 24 heavy (non-hydrogen) atoms. The molecular formula is C19H23N3O2. The zero-order chi connectivity index (χ0) is 16.8. The number of carbonyl (C=O) groups is 1. The van der Waals surface area contributed by atoms with Gasteiger partial charge >= 0.3 is 0 Å². The minimum Gasteiger partial charge on any atom is -0.508 e. The fourth-order valence-corrected chi connectivity index (χ4v) is 3.12. The van der Waals surface area contributed by atoms with Gasteiger partial charge in [0, 0.05) is 31.5 Å². The average Bonchev–Trinajstić information content (AvgIpc) is 3.01. The van der Waals surface area contributed by atoms with Crippen molar-refractivity contribution >= 4 is 5.91 Å². The number of hydrogen-bond donors (Lipinski definition) is 2. The van der Waals surface area contributed by atoms with E-state index in [0.29, 0.717) is 24.6 Å². The second-order valence-electron chi connectivity index (χ2n) is 6.36. The molecule has 1 fully saturated rings. The van der Waals surface area contributed by atoms with Gasteiger partial charge in [0.1, 0.15) is 5.75 Å². The van der Waals surface area contributed by atoms with Crippen LogP contribution in [-0.2, 0) is 17.8 Å². The number of pyridine rings is 1. The van der Waals surface area contributed by atoms with Gasteiger partial charge in [-0.3, -0.25) is 14.7 Å². The van der Waals surface area contributed by atoms with Crippen LogP contribution in [0.1, 0.15) is 17.7 Å². The number of amides is 1. The molecule has 0 spiro atoms. The van der Waals surface area contributed by atoms with Gasteiger partial charge in [0.15, 0.2) is 0 Å². The van der Waals surface area contributed by atoms with Gasteiger partial charge in [-0.1, -0.05) is 18.2 Å². The molecule has 0 aliphatic carbocycles. The zero-order valence-corrected chi connectivity index (χ0v) is 13.7. The maximum atomic E-state index is 12.0. The third kappa shape index (κ3) is 4.80. The lowest BCUT2D eigenvalue weighted by atomic mass is 10.1. The fraction of sp³-hybridized carbons (Fsp3) is 0.368. The van der Waals surface area contributed by atoms with Crippen LogP contribution in [0.2, 0.25) is 0 Å². The van der Waals surface area contributed by atoms with Crippen LogP contribution in [0.15, 0.2) is 48.7 Å². The summed E-state index contributed by atoms with van der Waals surface area (Å²) in [5.41, 5.74) is 1.92. The van der Waals surface area contributed by atoms with Crippen LogP contribution in [-0.4, -0.2) is 40.5 Å². The minimum atomic E-state index is 0.0279. The summed E-state index contributed by atoms with van der Waals surface area (Å²) < 4.78 is 0. The van der Waals surface area contributed by atoms with Gasteiger partial charge in [0.05, 0.1) is 6.42 Å². The Kier molecular flexibility index (Phi) is 5.43. The van der Waals surface area contributed by atoms with Crippen LogP contribution < -0.4 is 5.32 Å². The van der Waals surface area contributed by atoms with Gasteiger partial charge in [-0.15, -0.1) is 0 Å². The van der Waals surface area contributed by atoms with E-state index in [1.807, 2.05) is 36.4 Å². The van der Waals surface area contributed by atoms with E-state index < -0.39 is 0 Å². The number of rotatable bonds is 6. The van der Waals surface area contributed by atoms with Crippen LogP contribution in [0.5, 0.6) is 5.75 Å². The topological polar surface area (TPSA) is 65.5 Å². The fourth-order valence-electron chi connectivity index (χ4n) is 3.12. The van der Waals surface area contributed by atoms with E-state index in [0.717, 1.165) is 37.3 Å². The highest BCUT2D eigenvalue weighted by molar-refractivity contribution is 5.78. The number of benzene rings is 1. The number of nitrogens with zero attached hydrogens (tertiary/aromatic N) is 2. The molecule has 1 amide bonds.